The highest BCUT2D eigenvalue weighted by molar-refractivity contribution is 7.17. The molecule has 12 heavy (non-hydrogen) atoms. The molecule has 2 aliphatic carbocycles. The fraction of sp³-hybridized carbons (Fsp3) is 1.00. The zero-order valence-corrected chi connectivity index (χ0v) is 9.45. The van der Waals surface area contributed by atoms with Crippen LogP contribution in [0.3, 0.4) is 0 Å². The molecule has 1 heteroatoms. The van der Waals surface area contributed by atoms with Crippen LogP contribution in [0.15, 0.2) is 0 Å². The van der Waals surface area contributed by atoms with Crippen molar-refractivity contribution in [3.05, 3.63) is 0 Å². The van der Waals surface area contributed by atoms with Crippen molar-refractivity contribution in [1.29, 1.82) is 0 Å². The molecule has 6 atom stereocenters. The Morgan fingerprint density at radius 3 is 2.17 bits per heavy atom. The average Bonchev–Trinajstić information content (AvgIpc) is 2.08. The van der Waals surface area contributed by atoms with Gasteiger partial charge in [0.15, 0.2) is 0 Å². The number of hydrogen-bond donors (Lipinski definition) is 0. The van der Waals surface area contributed by atoms with Crippen molar-refractivity contribution in [3.8, 4) is 0 Å². The smallest absolute Gasteiger partial charge is 0.0210 e. The molecule has 0 spiro atoms. The van der Waals surface area contributed by atoms with Gasteiger partial charge in [0.2, 0.25) is 0 Å². The van der Waals surface area contributed by atoms with E-state index in [0.29, 0.717) is 0 Å². The van der Waals surface area contributed by atoms with Gasteiger partial charge in [-0.1, -0.05) is 20.3 Å². The first-order valence-corrected chi connectivity index (χ1v) is 6.10. The molecule has 0 nitrogen and oxygen atoms in total. The maximum Gasteiger partial charge on any atom is -0.0210 e. The van der Waals surface area contributed by atoms with E-state index in [0.717, 1.165) is 29.3 Å². The standard InChI is InChI=1S/C11H21P/c1-7-3-4-9(7)6-10-5-8(2)11(10)12/h7-11H,3-6,12H2,1-2H3. The molecule has 2 saturated carbocycles. The Morgan fingerprint density at radius 2 is 1.83 bits per heavy atom. The molecule has 0 amide bonds. The van der Waals surface area contributed by atoms with Crippen LogP contribution in [-0.4, -0.2) is 5.66 Å². The Bertz CT molecular complexity index is 166. The lowest BCUT2D eigenvalue weighted by molar-refractivity contribution is 0.106. The van der Waals surface area contributed by atoms with E-state index in [4.69, 9.17) is 0 Å². The van der Waals surface area contributed by atoms with Gasteiger partial charge in [0.25, 0.3) is 0 Å². The van der Waals surface area contributed by atoms with E-state index in [-0.39, 0.29) is 0 Å². The molecular formula is C11H21P. The summed E-state index contributed by atoms with van der Waals surface area (Å²) in [6, 6.07) is 0. The van der Waals surface area contributed by atoms with Crippen molar-refractivity contribution < 1.29 is 0 Å². The molecule has 6 unspecified atom stereocenters. The van der Waals surface area contributed by atoms with Gasteiger partial charge in [-0.05, 0) is 48.6 Å². The van der Waals surface area contributed by atoms with E-state index in [1.807, 2.05) is 0 Å². The Morgan fingerprint density at radius 1 is 1.08 bits per heavy atom. The predicted molar refractivity (Wildman–Crippen MR) is 57.3 cm³/mol. The topological polar surface area (TPSA) is 0 Å². The lowest BCUT2D eigenvalue weighted by Gasteiger charge is -2.46. The van der Waals surface area contributed by atoms with Gasteiger partial charge >= 0.3 is 0 Å². The zero-order valence-electron chi connectivity index (χ0n) is 8.29. The fourth-order valence-corrected chi connectivity index (χ4v) is 3.26. The highest BCUT2D eigenvalue weighted by atomic mass is 31.0. The van der Waals surface area contributed by atoms with Crippen LogP contribution in [0, 0.1) is 23.7 Å². The monoisotopic (exact) mass is 184 g/mol. The Kier molecular flexibility index (Phi) is 2.47. The van der Waals surface area contributed by atoms with E-state index < -0.39 is 0 Å². The van der Waals surface area contributed by atoms with Crippen LogP contribution in [0.1, 0.15) is 39.5 Å². The second-order valence-corrected chi connectivity index (χ2v) is 5.87. The van der Waals surface area contributed by atoms with Gasteiger partial charge in [0.1, 0.15) is 0 Å². The van der Waals surface area contributed by atoms with Gasteiger partial charge in [0, 0.05) is 0 Å². The van der Waals surface area contributed by atoms with Gasteiger partial charge < -0.3 is 0 Å². The fourth-order valence-electron chi connectivity index (χ4n) is 2.79. The second-order valence-electron chi connectivity index (χ2n) is 5.10. The Hall–Kier alpha value is 0.430. The van der Waals surface area contributed by atoms with Gasteiger partial charge in [-0.25, -0.2) is 0 Å². The summed E-state index contributed by atoms with van der Waals surface area (Å²) in [5.41, 5.74) is 0.942. The molecule has 0 N–H and O–H groups in total. The molecular weight excluding hydrogens is 163 g/mol. The zero-order chi connectivity index (χ0) is 8.72. The quantitative estimate of drug-likeness (QED) is 0.577. The number of hydrogen-bond acceptors (Lipinski definition) is 0. The molecule has 0 radical (unpaired) electrons. The first-order valence-electron chi connectivity index (χ1n) is 5.44. The summed E-state index contributed by atoms with van der Waals surface area (Å²) in [6.45, 7) is 4.81. The van der Waals surface area contributed by atoms with Crippen molar-refractivity contribution in [2.24, 2.45) is 23.7 Å². The summed E-state index contributed by atoms with van der Waals surface area (Å²) in [5, 5.41) is 0. The molecule has 0 aromatic heterocycles. The molecule has 2 rings (SSSR count). The van der Waals surface area contributed by atoms with Crippen molar-refractivity contribution in [2.75, 3.05) is 0 Å². The molecule has 0 aromatic rings. The SMILES string of the molecule is CC1CCC1CC1CC(C)C1P. The summed E-state index contributed by atoms with van der Waals surface area (Å²) in [7, 11) is 3.05. The molecule has 0 saturated heterocycles. The normalized spacial score (nSPS) is 52.8. The highest BCUT2D eigenvalue weighted by Crippen LogP contribution is 2.47. The van der Waals surface area contributed by atoms with Gasteiger partial charge in [-0.15, -0.1) is 9.24 Å². The summed E-state index contributed by atoms with van der Waals surface area (Å²) in [4.78, 5) is 0. The van der Waals surface area contributed by atoms with E-state index in [9.17, 15) is 0 Å². The van der Waals surface area contributed by atoms with Crippen LogP contribution >= 0.6 is 9.24 Å². The third kappa shape index (κ3) is 1.43. The Labute approximate surface area is 78.7 Å². The first-order chi connectivity index (χ1) is 5.68. The van der Waals surface area contributed by atoms with E-state index in [1.54, 1.807) is 0 Å². The molecule has 0 bridgehead atoms. The van der Waals surface area contributed by atoms with Crippen molar-refractivity contribution >= 4 is 9.24 Å². The molecule has 0 aliphatic heterocycles. The molecule has 2 fully saturated rings. The molecule has 2 aliphatic rings. The molecule has 0 heterocycles. The summed E-state index contributed by atoms with van der Waals surface area (Å²) < 4.78 is 0. The predicted octanol–water partition coefficient (Wildman–Crippen LogP) is 3.32. The summed E-state index contributed by atoms with van der Waals surface area (Å²) in [5.74, 6) is 4.16. The van der Waals surface area contributed by atoms with Crippen molar-refractivity contribution in [1.82, 2.24) is 0 Å². The summed E-state index contributed by atoms with van der Waals surface area (Å²) in [6.07, 6.45) is 6.04. The largest absolute Gasteiger partial charge is 0.134 e. The van der Waals surface area contributed by atoms with Crippen LogP contribution in [0.25, 0.3) is 0 Å². The summed E-state index contributed by atoms with van der Waals surface area (Å²) >= 11 is 0. The number of rotatable bonds is 2. The van der Waals surface area contributed by atoms with Crippen LogP contribution < -0.4 is 0 Å². The lowest BCUT2D eigenvalue weighted by Crippen LogP contribution is -2.39. The van der Waals surface area contributed by atoms with Crippen LogP contribution in [-0.2, 0) is 0 Å². The minimum atomic E-state index is 0.942. The van der Waals surface area contributed by atoms with Crippen LogP contribution in [0.2, 0.25) is 0 Å². The molecule has 0 aromatic carbocycles. The second kappa shape index (κ2) is 3.29. The minimum Gasteiger partial charge on any atom is -0.134 e. The maximum atomic E-state index is 3.05. The van der Waals surface area contributed by atoms with Crippen LogP contribution in [0.5, 0.6) is 0 Å². The van der Waals surface area contributed by atoms with E-state index in [2.05, 4.69) is 23.1 Å². The van der Waals surface area contributed by atoms with E-state index >= 15 is 0 Å². The molecule has 70 valence electrons. The third-order valence-electron chi connectivity index (χ3n) is 4.28. The van der Waals surface area contributed by atoms with Crippen molar-refractivity contribution in [2.45, 2.75) is 45.2 Å². The Balaban J connectivity index is 1.74. The third-order valence-corrected chi connectivity index (χ3v) is 5.48. The van der Waals surface area contributed by atoms with Crippen LogP contribution in [0.4, 0.5) is 0 Å². The van der Waals surface area contributed by atoms with Gasteiger partial charge in [0.05, 0.1) is 0 Å². The minimum absolute atomic E-state index is 0.942. The van der Waals surface area contributed by atoms with Crippen molar-refractivity contribution in [3.63, 3.8) is 0 Å². The lowest BCUT2D eigenvalue weighted by atomic mass is 9.64. The van der Waals surface area contributed by atoms with E-state index in [1.165, 1.54) is 25.7 Å². The van der Waals surface area contributed by atoms with Gasteiger partial charge in [-0.3, -0.25) is 0 Å². The van der Waals surface area contributed by atoms with Gasteiger partial charge in [-0.2, -0.15) is 0 Å². The highest BCUT2D eigenvalue weighted by Gasteiger charge is 2.38. The maximum absolute atomic E-state index is 3.05. The first kappa shape index (κ1) is 9.00. The average molecular weight is 184 g/mol.